The minimum Gasteiger partial charge on any atom is -0.321 e. The molecule has 0 aliphatic rings. The van der Waals surface area contributed by atoms with Crippen LogP contribution in [0.15, 0.2) is 40.8 Å². The van der Waals surface area contributed by atoms with Crippen molar-refractivity contribution >= 4 is 34.6 Å². The zero-order chi connectivity index (χ0) is 25.0. The molecule has 0 radical (unpaired) electrons. The summed E-state index contributed by atoms with van der Waals surface area (Å²) in [6, 6.07) is 6.23. The van der Waals surface area contributed by atoms with Gasteiger partial charge in [-0.25, -0.2) is 5.43 Å². The molecular weight excluding hydrogens is 479 g/mol. The van der Waals surface area contributed by atoms with E-state index in [-0.39, 0.29) is 5.71 Å². The number of amides is 2. The van der Waals surface area contributed by atoms with Crippen molar-refractivity contribution in [1.82, 2.24) is 5.43 Å². The van der Waals surface area contributed by atoms with E-state index in [2.05, 4.69) is 10.5 Å². The maximum Gasteiger partial charge on any atom is 0.460 e. The lowest BCUT2D eigenvalue weighted by molar-refractivity contribution is -0.343. The fraction of sp³-hybridized carbons (Fsp3) is 0.350. The summed E-state index contributed by atoms with van der Waals surface area (Å²) in [7, 11) is 0. The van der Waals surface area contributed by atoms with Crippen LogP contribution in [0.5, 0.6) is 0 Å². The Morgan fingerprint density at radius 2 is 1.61 bits per heavy atom. The number of aryl methyl sites for hydroxylation is 1. The monoisotopic (exact) mass is 497 g/mol. The Bertz CT molecular complexity index is 1030. The summed E-state index contributed by atoms with van der Waals surface area (Å²) < 4.78 is 89.3. The van der Waals surface area contributed by atoms with E-state index >= 15 is 0 Å². The highest BCUT2D eigenvalue weighted by Crippen LogP contribution is 2.46. The number of nitrogens with one attached hydrogen (secondary N) is 2. The summed E-state index contributed by atoms with van der Waals surface area (Å²) >= 11 is 1.44. The van der Waals surface area contributed by atoms with Gasteiger partial charge in [0.15, 0.2) is 0 Å². The molecular formula is C20H18F7N3O2S. The molecule has 0 atom stereocenters. The second kappa shape index (κ2) is 9.89. The van der Waals surface area contributed by atoms with Gasteiger partial charge in [0, 0.05) is 15.9 Å². The lowest BCUT2D eigenvalue weighted by Crippen LogP contribution is -2.57. The minimum absolute atomic E-state index is 0.277. The van der Waals surface area contributed by atoms with Gasteiger partial charge in [-0.1, -0.05) is 25.5 Å². The molecule has 1 aromatic carbocycles. The number of halogens is 7. The smallest absolute Gasteiger partial charge is 0.321 e. The first-order chi connectivity index (χ1) is 15.2. The highest BCUT2D eigenvalue weighted by Gasteiger charge is 2.76. The quantitative estimate of drug-likeness (QED) is 0.282. The molecule has 13 heteroatoms. The van der Waals surface area contributed by atoms with Gasteiger partial charge in [-0.15, -0.1) is 11.3 Å². The fourth-order valence-electron chi connectivity index (χ4n) is 2.47. The molecule has 33 heavy (non-hydrogen) atoms. The van der Waals surface area contributed by atoms with Crippen molar-refractivity contribution in [2.24, 2.45) is 5.10 Å². The predicted octanol–water partition coefficient (Wildman–Crippen LogP) is 5.63. The van der Waals surface area contributed by atoms with Crippen molar-refractivity contribution in [3.63, 3.8) is 0 Å². The minimum atomic E-state index is -6.61. The molecule has 5 nitrogen and oxygen atoms in total. The first-order valence-electron chi connectivity index (χ1n) is 9.37. The molecule has 0 aliphatic heterocycles. The van der Waals surface area contributed by atoms with Crippen molar-refractivity contribution in [3.05, 3.63) is 51.7 Å². The van der Waals surface area contributed by atoms with Gasteiger partial charge in [0.1, 0.15) is 0 Å². The van der Waals surface area contributed by atoms with E-state index in [4.69, 9.17) is 0 Å². The lowest BCUT2D eigenvalue weighted by atomic mass is 10.1. The van der Waals surface area contributed by atoms with Crippen molar-refractivity contribution in [1.29, 1.82) is 0 Å². The standard InChI is InChI=1S/C20H18F7N3O2S/c1-3-4-15-9-13(10-33-15)16(31)30-29-11(2)12-5-7-14(8-6-12)28-17(32)18(21,22)19(23,24)20(25,26)27/h5-10H,3-4H2,1-2H3,(H,28,32)(H,30,31). The molecule has 0 spiro atoms. The first-order valence-corrected chi connectivity index (χ1v) is 10.2. The van der Waals surface area contributed by atoms with Crippen LogP contribution in [0.2, 0.25) is 0 Å². The average molecular weight is 497 g/mol. The SMILES string of the molecule is CCCc1cc(C(=O)NN=C(C)c2ccc(NC(=O)C(F)(F)C(F)(F)C(F)(F)F)cc2)cs1. The van der Waals surface area contributed by atoms with Crippen LogP contribution in [0, 0.1) is 0 Å². The molecule has 1 heterocycles. The lowest BCUT2D eigenvalue weighted by Gasteiger charge is -2.27. The van der Waals surface area contributed by atoms with E-state index in [1.54, 1.807) is 11.4 Å². The third kappa shape index (κ3) is 5.89. The number of thiophene rings is 1. The summed E-state index contributed by atoms with van der Waals surface area (Å²) in [6.07, 6.45) is -4.85. The van der Waals surface area contributed by atoms with Crippen LogP contribution in [-0.2, 0) is 11.2 Å². The Labute approximate surface area is 187 Å². The van der Waals surface area contributed by atoms with Gasteiger partial charge in [0.05, 0.1) is 11.3 Å². The Hall–Kier alpha value is -2.96. The number of rotatable bonds is 8. The van der Waals surface area contributed by atoms with Crippen LogP contribution in [0.25, 0.3) is 0 Å². The van der Waals surface area contributed by atoms with Gasteiger partial charge in [-0.2, -0.15) is 35.8 Å². The second-order valence-corrected chi connectivity index (χ2v) is 7.86. The van der Waals surface area contributed by atoms with Crippen LogP contribution in [0.1, 0.15) is 41.1 Å². The fourth-order valence-corrected chi connectivity index (χ4v) is 3.44. The molecule has 2 amide bonds. The third-order valence-corrected chi connectivity index (χ3v) is 5.33. The van der Waals surface area contributed by atoms with Gasteiger partial charge in [-0.05, 0) is 37.1 Å². The Morgan fingerprint density at radius 3 is 2.15 bits per heavy atom. The predicted molar refractivity (Wildman–Crippen MR) is 109 cm³/mol. The number of nitrogens with zero attached hydrogens (tertiary/aromatic N) is 1. The summed E-state index contributed by atoms with van der Waals surface area (Å²) in [6.45, 7) is 3.51. The number of anilines is 1. The molecule has 1 aromatic heterocycles. The normalized spacial score (nSPS) is 13.1. The van der Waals surface area contributed by atoms with Crippen molar-refractivity contribution in [3.8, 4) is 0 Å². The zero-order valence-electron chi connectivity index (χ0n) is 17.2. The number of carbonyl (C=O) groups excluding carboxylic acids is 2. The van der Waals surface area contributed by atoms with Crippen LogP contribution in [0.3, 0.4) is 0 Å². The van der Waals surface area contributed by atoms with Gasteiger partial charge in [0.25, 0.3) is 5.91 Å². The second-order valence-electron chi connectivity index (χ2n) is 6.87. The van der Waals surface area contributed by atoms with E-state index in [1.807, 2.05) is 6.92 Å². The highest BCUT2D eigenvalue weighted by molar-refractivity contribution is 7.10. The molecule has 0 bridgehead atoms. The average Bonchev–Trinajstić information content (AvgIpc) is 3.20. The molecule has 0 aliphatic carbocycles. The van der Waals surface area contributed by atoms with E-state index in [0.717, 1.165) is 29.9 Å². The van der Waals surface area contributed by atoms with Gasteiger partial charge >= 0.3 is 23.9 Å². The number of hydrogen-bond donors (Lipinski definition) is 2. The summed E-state index contributed by atoms with van der Waals surface area (Å²) in [5, 5.41) is 6.92. The molecule has 2 rings (SSSR count). The number of hydrogen-bond acceptors (Lipinski definition) is 4. The Morgan fingerprint density at radius 1 is 1.00 bits per heavy atom. The van der Waals surface area contributed by atoms with Gasteiger partial charge in [-0.3, -0.25) is 9.59 Å². The van der Waals surface area contributed by atoms with Gasteiger partial charge in [0.2, 0.25) is 0 Å². The maximum absolute atomic E-state index is 13.4. The first kappa shape index (κ1) is 26.3. The molecule has 180 valence electrons. The molecule has 0 saturated heterocycles. The van der Waals surface area contributed by atoms with E-state index in [1.165, 1.54) is 35.7 Å². The molecule has 2 N–H and O–H groups in total. The zero-order valence-corrected chi connectivity index (χ0v) is 18.0. The Balaban J connectivity index is 2.05. The number of alkyl halides is 7. The van der Waals surface area contributed by atoms with Crippen LogP contribution in [-0.4, -0.2) is 35.5 Å². The van der Waals surface area contributed by atoms with Crippen LogP contribution < -0.4 is 10.7 Å². The number of hydrazone groups is 1. The highest BCUT2D eigenvalue weighted by atomic mass is 32.1. The number of benzene rings is 1. The van der Waals surface area contributed by atoms with Crippen molar-refractivity contribution in [2.75, 3.05) is 5.32 Å². The Kier molecular flexibility index (Phi) is 7.88. The van der Waals surface area contributed by atoms with E-state index in [9.17, 15) is 40.3 Å². The molecule has 0 saturated carbocycles. The summed E-state index contributed by atoms with van der Waals surface area (Å²) in [4.78, 5) is 24.6. The molecule has 0 fully saturated rings. The van der Waals surface area contributed by atoms with Crippen LogP contribution >= 0.6 is 11.3 Å². The number of carbonyl (C=O) groups is 2. The van der Waals surface area contributed by atoms with E-state index in [0.29, 0.717) is 11.1 Å². The maximum atomic E-state index is 13.4. The van der Waals surface area contributed by atoms with E-state index < -0.39 is 35.5 Å². The van der Waals surface area contributed by atoms with Crippen LogP contribution in [0.4, 0.5) is 36.4 Å². The summed E-state index contributed by atoms with van der Waals surface area (Å²) in [5.74, 6) is -15.8. The summed E-state index contributed by atoms with van der Waals surface area (Å²) in [5.41, 5.74) is 2.96. The third-order valence-electron chi connectivity index (χ3n) is 4.33. The topological polar surface area (TPSA) is 70.6 Å². The van der Waals surface area contributed by atoms with Crippen molar-refractivity contribution < 1.29 is 40.3 Å². The van der Waals surface area contributed by atoms with Crippen molar-refractivity contribution in [2.45, 2.75) is 44.7 Å². The molecule has 0 unspecified atom stereocenters. The largest absolute Gasteiger partial charge is 0.460 e. The van der Waals surface area contributed by atoms with Gasteiger partial charge < -0.3 is 5.32 Å². The molecule has 2 aromatic rings.